The molecular formula is C27H32N6O2. The minimum absolute atomic E-state index is 0.0000605. The van der Waals surface area contributed by atoms with E-state index in [1.165, 1.54) is 5.56 Å². The van der Waals surface area contributed by atoms with Crippen molar-refractivity contribution in [2.45, 2.75) is 45.1 Å². The van der Waals surface area contributed by atoms with Crippen LogP contribution in [-0.4, -0.2) is 68.1 Å². The summed E-state index contributed by atoms with van der Waals surface area (Å²) in [7, 11) is 1.77. The topological polar surface area (TPSA) is 98.2 Å². The molecule has 5 rings (SSSR count). The van der Waals surface area contributed by atoms with Crippen LogP contribution in [0.5, 0.6) is 0 Å². The van der Waals surface area contributed by atoms with E-state index in [4.69, 9.17) is 0 Å². The van der Waals surface area contributed by atoms with Gasteiger partial charge in [-0.3, -0.25) is 14.8 Å². The number of aromatic nitrogens is 4. The third-order valence-corrected chi connectivity index (χ3v) is 6.87. The first-order chi connectivity index (χ1) is 16.8. The average Bonchev–Trinajstić information content (AvgIpc) is 3.25. The molecule has 1 aliphatic heterocycles. The van der Waals surface area contributed by atoms with Gasteiger partial charge in [0.05, 0.1) is 34.4 Å². The quantitative estimate of drug-likeness (QED) is 0.445. The molecular weight excluding hydrogens is 440 g/mol. The van der Waals surface area contributed by atoms with Gasteiger partial charge in [0.2, 0.25) is 5.91 Å². The first-order valence-corrected chi connectivity index (χ1v) is 12.2. The molecule has 8 heteroatoms. The molecule has 0 radical (unpaired) electrons. The average molecular weight is 473 g/mol. The highest BCUT2D eigenvalue weighted by molar-refractivity contribution is 5.87. The van der Waals surface area contributed by atoms with Gasteiger partial charge >= 0.3 is 0 Å². The minimum Gasteiger partial charge on any atom is -0.386 e. The van der Waals surface area contributed by atoms with Crippen molar-refractivity contribution in [2.24, 2.45) is 0 Å². The van der Waals surface area contributed by atoms with Crippen molar-refractivity contribution in [2.75, 3.05) is 31.6 Å². The zero-order valence-electron chi connectivity index (χ0n) is 20.6. The largest absolute Gasteiger partial charge is 0.386 e. The number of rotatable bonds is 6. The van der Waals surface area contributed by atoms with Crippen molar-refractivity contribution in [3.8, 4) is 0 Å². The van der Waals surface area contributed by atoms with Gasteiger partial charge in [-0.15, -0.1) is 0 Å². The van der Waals surface area contributed by atoms with Gasteiger partial charge in [-0.1, -0.05) is 6.07 Å². The summed E-state index contributed by atoms with van der Waals surface area (Å²) >= 11 is 0. The summed E-state index contributed by atoms with van der Waals surface area (Å²) in [6.07, 6.45) is 5.92. The first-order valence-electron chi connectivity index (χ1n) is 12.2. The number of nitrogens with zero attached hydrogens (tertiary/aromatic N) is 5. The van der Waals surface area contributed by atoms with E-state index in [0.29, 0.717) is 25.8 Å². The highest BCUT2D eigenvalue weighted by Gasteiger charge is 2.36. The fourth-order valence-electron chi connectivity index (χ4n) is 5.25. The number of H-pyrrole nitrogens is 1. The molecule has 1 aromatic carbocycles. The SMILES string of the molecule is Cc1cc(C)c2nc(CCC(=O)N(C)CC3(O)CCCN(c4ccnc5cccnc45)C3)[nH]c2c1. The van der Waals surface area contributed by atoms with Crippen LogP contribution in [0.15, 0.2) is 42.7 Å². The number of piperidine rings is 1. The van der Waals surface area contributed by atoms with Gasteiger partial charge in [-0.05, 0) is 62.1 Å². The third kappa shape index (κ3) is 4.84. The molecule has 1 amide bonds. The summed E-state index contributed by atoms with van der Waals surface area (Å²) < 4.78 is 0. The van der Waals surface area contributed by atoms with Crippen LogP contribution >= 0.6 is 0 Å². The molecule has 1 saturated heterocycles. The Kier molecular flexibility index (Phi) is 6.15. The lowest BCUT2D eigenvalue weighted by Gasteiger charge is -2.42. The lowest BCUT2D eigenvalue weighted by Crippen LogP contribution is -2.54. The van der Waals surface area contributed by atoms with E-state index < -0.39 is 5.60 Å². The molecule has 1 unspecified atom stereocenters. The van der Waals surface area contributed by atoms with E-state index in [0.717, 1.165) is 52.1 Å². The Morgan fingerprint density at radius 3 is 2.91 bits per heavy atom. The van der Waals surface area contributed by atoms with Crippen LogP contribution in [0.4, 0.5) is 5.69 Å². The summed E-state index contributed by atoms with van der Waals surface area (Å²) in [5.74, 6) is 0.815. The highest BCUT2D eigenvalue weighted by atomic mass is 16.3. The molecule has 4 heterocycles. The number of β-amino-alcohol motifs (C(OH)–C–C–N with tert-alkyl or cyclic N) is 1. The number of hydrogen-bond donors (Lipinski definition) is 2. The summed E-state index contributed by atoms with van der Waals surface area (Å²) in [5, 5.41) is 11.4. The van der Waals surface area contributed by atoms with Crippen molar-refractivity contribution in [1.29, 1.82) is 0 Å². The Morgan fingerprint density at radius 2 is 2.06 bits per heavy atom. The maximum atomic E-state index is 12.9. The standard InChI is InChI=1S/C27H32N6O2/c1-18-14-19(2)25-21(15-18)30-23(31-25)7-8-24(34)32(3)16-27(35)10-5-13-33(17-27)22-9-12-28-20-6-4-11-29-26(20)22/h4,6,9,11-12,14-15,35H,5,7-8,10,13,16-17H2,1-3H3,(H,30,31). The molecule has 182 valence electrons. The summed E-state index contributed by atoms with van der Waals surface area (Å²) in [6, 6.07) is 9.97. The van der Waals surface area contributed by atoms with Crippen molar-refractivity contribution < 1.29 is 9.90 Å². The van der Waals surface area contributed by atoms with Gasteiger partial charge in [-0.2, -0.15) is 0 Å². The number of fused-ring (bicyclic) bond motifs is 2. The van der Waals surface area contributed by atoms with E-state index in [1.807, 2.05) is 18.2 Å². The number of aliphatic hydroxyl groups is 1. The number of nitrogens with one attached hydrogen (secondary N) is 1. The molecule has 3 aromatic heterocycles. The Balaban J connectivity index is 1.23. The van der Waals surface area contributed by atoms with Gasteiger partial charge in [0, 0.05) is 45.4 Å². The number of benzene rings is 1. The van der Waals surface area contributed by atoms with Crippen LogP contribution in [-0.2, 0) is 11.2 Å². The number of aromatic amines is 1. The molecule has 0 spiro atoms. The summed E-state index contributed by atoms with van der Waals surface area (Å²) in [5.41, 5.74) is 5.94. The maximum absolute atomic E-state index is 12.9. The van der Waals surface area contributed by atoms with Crippen molar-refractivity contribution >= 4 is 33.7 Å². The fourth-order valence-corrected chi connectivity index (χ4v) is 5.25. The fraction of sp³-hybridized carbons (Fsp3) is 0.407. The van der Waals surface area contributed by atoms with E-state index in [9.17, 15) is 9.90 Å². The molecule has 35 heavy (non-hydrogen) atoms. The van der Waals surface area contributed by atoms with Crippen LogP contribution in [0.25, 0.3) is 22.1 Å². The first kappa shape index (κ1) is 23.2. The van der Waals surface area contributed by atoms with Crippen LogP contribution in [0.3, 0.4) is 0 Å². The number of imidazole rings is 1. The molecule has 4 aromatic rings. The predicted octanol–water partition coefficient (Wildman–Crippen LogP) is 3.55. The van der Waals surface area contributed by atoms with Crippen LogP contribution in [0.1, 0.15) is 36.2 Å². The van der Waals surface area contributed by atoms with Crippen LogP contribution in [0.2, 0.25) is 0 Å². The molecule has 0 aliphatic carbocycles. The number of pyridine rings is 2. The lowest BCUT2D eigenvalue weighted by molar-refractivity contribution is -0.133. The molecule has 8 nitrogen and oxygen atoms in total. The zero-order chi connectivity index (χ0) is 24.6. The number of carbonyl (C=O) groups excluding carboxylic acids is 1. The van der Waals surface area contributed by atoms with Crippen molar-refractivity contribution in [3.63, 3.8) is 0 Å². The monoisotopic (exact) mass is 472 g/mol. The Labute approximate surface area is 205 Å². The molecule has 1 atom stereocenters. The van der Waals surface area contributed by atoms with Crippen molar-refractivity contribution in [3.05, 3.63) is 59.7 Å². The van der Waals surface area contributed by atoms with Gasteiger partial charge in [-0.25, -0.2) is 4.98 Å². The van der Waals surface area contributed by atoms with Crippen LogP contribution in [0, 0.1) is 13.8 Å². The number of anilines is 1. The number of likely N-dealkylation sites (N-methyl/N-ethyl adjacent to an activating group) is 1. The van der Waals surface area contributed by atoms with Crippen molar-refractivity contribution in [1.82, 2.24) is 24.8 Å². The van der Waals surface area contributed by atoms with Crippen LogP contribution < -0.4 is 4.90 Å². The van der Waals surface area contributed by atoms with Gasteiger partial charge in [0.25, 0.3) is 0 Å². The molecule has 2 N–H and O–H groups in total. The number of carbonyl (C=O) groups is 1. The third-order valence-electron chi connectivity index (χ3n) is 6.87. The number of hydrogen-bond acceptors (Lipinski definition) is 6. The van der Waals surface area contributed by atoms with E-state index in [-0.39, 0.29) is 12.5 Å². The predicted molar refractivity (Wildman–Crippen MR) is 137 cm³/mol. The highest BCUT2D eigenvalue weighted by Crippen LogP contribution is 2.30. The van der Waals surface area contributed by atoms with E-state index in [1.54, 1.807) is 24.3 Å². The second-order valence-electron chi connectivity index (χ2n) is 9.86. The summed E-state index contributed by atoms with van der Waals surface area (Å²) in [4.78, 5) is 33.7. The van der Waals surface area contributed by atoms with E-state index >= 15 is 0 Å². The Hall–Kier alpha value is -3.52. The Bertz CT molecular complexity index is 1380. The second kappa shape index (κ2) is 9.26. The normalized spacial score (nSPS) is 18.3. The van der Waals surface area contributed by atoms with E-state index in [2.05, 4.69) is 50.8 Å². The smallest absolute Gasteiger partial charge is 0.222 e. The minimum atomic E-state index is -0.985. The second-order valence-corrected chi connectivity index (χ2v) is 9.86. The maximum Gasteiger partial charge on any atom is 0.222 e. The van der Waals surface area contributed by atoms with Gasteiger partial charge < -0.3 is 19.9 Å². The number of aryl methyl sites for hydroxylation is 3. The van der Waals surface area contributed by atoms with Gasteiger partial charge in [0.15, 0.2) is 0 Å². The summed E-state index contributed by atoms with van der Waals surface area (Å²) in [6.45, 7) is 5.69. The zero-order valence-corrected chi connectivity index (χ0v) is 20.6. The lowest BCUT2D eigenvalue weighted by atomic mass is 9.91. The molecule has 0 saturated carbocycles. The molecule has 1 fully saturated rings. The molecule has 1 aliphatic rings. The molecule has 0 bridgehead atoms. The Morgan fingerprint density at radius 1 is 1.20 bits per heavy atom. The number of amides is 1. The van der Waals surface area contributed by atoms with Gasteiger partial charge in [0.1, 0.15) is 11.3 Å².